The summed E-state index contributed by atoms with van der Waals surface area (Å²) in [6.07, 6.45) is 1.63. The molecule has 0 bridgehead atoms. The first-order valence-electron chi connectivity index (χ1n) is 7.71. The molecule has 0 fully saturated rings. The van der Waals surface area contributed by atoms with Gasteiger partial charge in [-0.2, -0.15) is 11.8 Å². The summed E-state index contributed by atoms with van der Waals surface area (Å²) < 4.78 is 38.0. The Kier molecular flexibility index (Phi) is 6.77. The second kappa shape index (κ2) is 8.60. The highest BCUT2D eigenvalue weighted by Gasteiger charge is 2.17. The number of hydrogen-bond donors (Lipinski definition) is 1. The van der Waals surface area contributed by atoms with E-state index in [-0.39, 0.29) is 10.8 Å². The summed E-state index contributed by atoms with van der Waals surface area (Å²) in [5.74, 6) is 3.18. The van der Waals surface area contributed by atoms with Gasteiger partial charge in [-0.3, -0.25) is 0 Å². The summed E-state index contributed by atoms with van der Waals surface area (Å²) in [6.45, 7) is 4.39. The van der Waals surface area contributed by atoms with Gasteiger partial charge in [0.25, 0.3) is 0 Å². The van der Waals surface area contributed by atoms with Crippen LogP contribution in [-0.2, 0) is 15.8 Å². The Balaban J connectivity index is 1.93. The number of methoxy groups -OCH3 is 1. The van der Waals surface area contributed by atoms with Crippen molar-refractivity contribution in [2.45, 2.75) is 30.4 Å². The molecule has 0 radical (unpaired) electrons. The first-order valence-corrected chi connectivity index (χ1v) is 10.4. The fraction of sp³-hybridized carbons (Fsp3) is 0.412. The van der Waals surface area contributed by atoms with Crippen molar-refractivity contribution in [3.63, 3.8) is 0 Å². The molecule has 0 aliphatic carbocycles. The van der Waals surface area contributed by atoms with Gasteiger partial charge in [-0.1, -0.05) is 13.8 Å². The number of benzene rings is 1. The van der Waals surface area contributed by atoms with Crippen LogP contribution in [0.25, 0.3) is 0 Å². The Bertz CT molecular complexity index is 740. The molecular weight excluding hydrogens is 346 g/mol. The fourth-order valence-electron chi connectivity index (χ4n) is 2.23. The van der Waals surface area contributed by atoms with Crippen molar-refractivity contribution in [1.29, 1.82) is 0 Å². The number of thioether (sulfide) groups is 1. The zero-order valence-corrected chi connectivity index (χ0v) is 15.7. The van der Waals surface area contributed by atoms with E-state index < -0.39 is 10.0 Å². The predicted octanol–water partition coefficient (Wildman–Crippen LogP) is 3.62. The lowest BCUT2D eigenvalue weighted by Crippen LogP contribution is -2.26. The summed E-state index contributed by atoms with van der Waals surface area (Å²) >= 11 is 1.62. The van der Waals surface area contributed by atoms with Crippen LogP contribution in [0.2, 0.25) is 0 Å². The van der Waals surface area contributed by atoms with Crippen molar-refractivity contribution in [1.82, 2.24) is 4.72 Å². The molecule has 0 atom stereocenters. The molecule has 0 amide bonds. The molecule has 2 aromatic rings. The Labute approximate surface area is 147 Å². The van der Waals surface area contributed by atoms with Gasteiger partial charge in [-0.15, -0.1) is 0 Å². The van der Waals surface area contributed by atoms with E-state index >= 15 is 0 Å². The molecule has 2 rings (SSSR count). The van der Waals surface area contributed by atoms with Crippen LogP contribution in [0.3, 0.4) is 0 Å². The van der Waals surface area contributed by atoms with E-state index in [0.717, 1.165) is 17.1 Å². The Hall–Kier alpha value is -1.44. The van der Waals surface area contributed by atoms with Crippen molar-refractivity contribution in [2.24, 2.45) is 0 Å². The number of rotatable bonds is 9. The molecule has 1 heterocycles. The minimum atomic E-state index is -3.52. The highest BCUT2D eigenvalue weighted by molar-refractivity contribution is 7.98. The van der Waals surface area contributed by atoms with Crippen molar-refractivity contribution < 1.29 is 17.6 Å². The fourth-order valence-corrected chi connectivity index (χ4v) is 4.18. The third-order valence-corrected chi connectivity index (χ3v) is 5.94. The summed E-state index contributed by atoms with van der Waals surface area (Å²) in [6, 6.07) is 8.71. The van der Waals surface area contributed by atoms with Gasteiger partial charge in [0.2, 0.25) is 10.0 Å². The molecule has 1 aromatic heterocycles. The average molecular weight is 370 g/mol. The summed E-state index contributed by atoms with van der Waals surface area (Å²) in [5, 5.41) is 0. The van der Waals surface area contributed by atoms with Gasteiger partial charge >= 0.3 is 0 Å². The topological polar surface area (TPSA) is 68.5 Å². The number of hydrogen-bond acceptors (Lipinski definition) is 5. The first kappa shape index (κ1) is 18.9. The lowest BCUT2D eigenvalue weighted by molar-refractivity contribution is 0.407. The van der Waals surface area contributed by atoms with Crippen LogP contribution in [0.5, 0.6) is 5.75 Å². The van der Waals surface area contributed by atoms with Crippen LogP contribution in [-0.4, -0.2) is 27.8 Å². The zero-order valence-electron chi connectivity index (χ0n) is 14.1. The molecule has 24 heavy (non-hydrogen) atoms. The third kappa shape index (κ3) is 5.03. The number of sulfonamides is 1. The smallest absolute Gasteiger partial charge is 0.240 e. The largest absolute Gasteiger partial charge is 0.496 e. The van der Waals surface area contributed by atoms with E-state index in [9.17, 15) is 8.42 Å². The first-order chi connectivity index (χ1) is 11.4. The minimum Gasteiger partial charge on any atom is -0.496 e. The van der Waals surface area contributed by atoms with E-state index in [0.29, 0.717) is 18.0 Å². The van der Waals surface area contributed by atoms with Gasteiger partial charge in [-0.05, 0) is 41.8 Å². The van der Waals surface area contributed by atoms with E-state index in [4.69, 9.17) is 9.15 Å². The molecule has 1 aromatic carbocycles. The number of furan rings is 1. The zero-order chi connectivity index (χ0) is 17.6. The Morgan fingerprint density at radius 1 is 1.29 bits per heavy atom. The maximum absolute atomic E-state index is 12.4. The van der Waals surface area contributed by atoms with Gasteiger partial charge in [-0.25, -0.2) is 13.1 Å². The van der Waals surface area contributed by atoms with E-state index in [1.165, 1.54) is 0 Å². The lowest BCUT2D eigenvalue weighted by atomic mass is 10.0. The summed E-state index contributed by atoms with van der Waals surface area (Å²) in [5.41, 5.74) is 0.882. The molecule has 7 heteroatoms. The maximum atomic E-state index is 12.4. The van der Waals surface area contributed by atoms with Crippen LogP contribution in [0.15, 0.2) is 45.9 Å². The van der Waals surface area contributed by atoms with E-state index in [2.05, 4.69) is 4.72 Å². The minimum absolute atomic E-state index is 0.180. The molecule has 0 aliphatic heterocycles. The quantitative estimate of drug-likeness (QED) is 0.684. The second-order valence-electron chi connectivity index (χ2n) is 5.59. The van der Waals surface area contributed by atoms with Gasteiger partial charge in [0.15, 0.2) is 0 Å². The molecule has 0 saturated carbocycles. The normalized spacial score (nSPS) is 11.8. The highest BCUT2D eigenvalue weighted by atomic mass is 32.2. The highest BCUT2D eigenvalue weighted by Crippen LogP contribution is 2.28. The van der Waals surface area contributed by atoms with E-state index in [1.54, 1.807) is 43.3 Å². The lowest BCUT2D eigenvalue weighted by Gasteiger charge is -2.14. The van der Waals surface area contributed by atoms with Crippen LogP contribution < -0.4 is 9.46 Å². The van der Waals surface area contributed by atoms with Gasteiger partial charge < -0.3 is 9.15 Å². The number of ether oxygens (including phenoxy) is 1. The molecule has 5 nitrogen and oxygen atoms in total. The van der Waals surface area contributed by atoms with Crippen LogP contribution in [0, 0.1) is 0 Å². The third-order valence-electron chi connectivity index (χ3n) is 3.50. The Morgan fingerprint density at radius 3 is 2.71 bits per heavy atom. The predicted molar refractivity (Wildman–Crippen MR) is 97.1 cm³/mol. The van der Waals surface area contributed by atoms with Crippen molar-refractivity contribution in [2.75, 3.05) is 19.4 Å². The van der Waals surface area contributed by atoms with Crippen molar-refractivity contribution >= 4 is 21.8 Å². The molecule has 0 unspecified atom stereocenters. The SMILES string of the molecule is COc1ccc(S(=O)(=O)NCCSCc2ccco2)cc1C(C)C. The molecule has 132 valence electrons. The number of nitrogens with one attached hydrogen (secondary N) is 1. The van der Waals surface area contributed by atoms with Crippen LogP contribution >= 0.6 is 11.8 Å². The molecule has 1 N–H and O–H groups in total. The van der Waals surface area contributed by atoms with Crippen molar-refractivity contribution in [3.05, 3.63) is 47.9 Å². The average Bonchev–Trinajstić information content (AvgIpc) is 3.07. The molecular formula is C17H23NO4S2. The molecule has 0 aliphatic rings. The Morgan fingerprint density at radius 2 is 2.08 bits per heavy atom. The van der Waals surface area contributed by atoms with Crippen molar-refractivity contribution in [3.8, 4) is 5.75 Å². The molecule has 0 saturated heterocycles. The van der Waals surface area contributed by atoms with Crippen LogP contribution in [0.1, 0.15) is 31.1 Å². The maximum Gasteiger partial charge on any atom is 0.240 e. The summed E-state index contributed by atoms with van der Waals surface area (Å²) in [7, 11) is -1.93. The van der Waals surface area contributed by atoms with Crippen LogP contribution in [0.4, 0.5) is 0 Å². The standard InChI is InChI=1S/C17H23NO4S2/c1-13(2)16-11-15(6-7-17(16)21-3)24(19,20)18-8-10-23-12-14-5-4-9-22-14/h4-7,9,11,13,18H,8,10,12H2,1-3H3. The van der Waals surface area contributed by atoms with E-state index in [1.807, 2.05) is 26.0 Å². The monoisotopic (exact) mass is 369 g/mol. The van der Waals surface area contributed by atoms with Gasteiger partial charge in [0.1, 0.15) is 11.5 Å². The second-order valence-corrected chi connectivity index (χ2v) is 8.46. The van der Waals surface area contributed by atoms with Gasteiger partial charge in [0.05, 0.1) is 24.0 Å². The van der Waals surface area contributed by atoms with Gasteiger partial charge in [0, 0.05) is 12.3 Å². The molecule has 0 spiro atoms. The summed E-state index contributed by atoms with van der Waals surface area (Å²) in [4.78, 5) is 0.267.